The molecule has 0 saturated heterocycles. The molecule has 0 saturated carbocycles. The summed E-state index contributed by atoms with van der Waals surface area (Å²) in [6.45, 7) is 5.85. The van der Waals surface area contributed by atoms with Gasteiger partial charge in [-0.2, -0.15) is 0 Å². The van der Waals surface area contributed by atoms with Gasteiger partial charge in [0.05, 0.1) is 0 Å². The first-order valence-corrected chi connectivity index (χ1v) is 4.55. The van der Waals surface area contributed by atoms with Gasteiger partial charge in [0.2, 0.25) is 5.91 Å². The highest BCUT2D eigenvalue weighted by Crippen LogP contribution is 1.98. The molecule has 0 aromatic rings. The molecule has 0 aromatic carbocycles. The smallest absolute Gasteiger partial charge is 0.221 e. The van der Waals surface area contributed by atoms with Gasteiger partial charge in [-0.15, -0.1) is 0 Å². The molecule has 0 heterocycles. The van der Waals surface area contributed by atoms with Gasteiger partial charge in [0.1, 0.15) is 0 Å². The molecule has 72 valence electrons. The van der Waals surface area contributed by atoms with Gasteiger partial charge in [-0.1, -0.05) is 20.3 Å². The van der Waals surface area contributed by atoms with Crippen LogP contribution in [0.1, 0.15) is 26.7 Å². The zero-order chi connectivity index (χ0) is 9.56. The standard InChI is InChI=1S/C9H20N2O/c1-4-5-6-11(3)7-8(2)9(10)12/h8H,4-7H2,1-3H3,(H2,10,12). The highest BCUT2D eigenvalue weighted by molar-refractivity contribution is 5.76. The van der Waals surface area contributed by atoms with Crippen LogP contribution >= 0.6 is 0 Å². The Morgan fingerprint density at radius 2 is 2.17 bits per heavy atom. The summed E-state index contributed by atoms with van der Waals surface area (Å²) in [5, 5.41) is 0. The van der Waals surface area contributed by atoms with Crippen molar-refractivity contribution < 1.29 is 4.79 Å². The summed E-state index contributed by atoms with van der Waals surface area (Å²) >= 11 is 0. The molecule has 0 aliphatic heterocycles. The van der Waals surface area contributed by atoms with Gasteiger partial charge in [-0.05, 0) is 20.0 Å². The second-order valence-electron chi connectivity index (χ2n) is 3.42. The number of amides is 1. The monoisotopic (exact) mass is 172 g/mol. The van der Waals surface area contributed by atoms with Crippen LogP contribution in [0.3, 0.4) is 0 Å². The van der Waals surface area contributed by atoms with E-state index in [1.54, 1.807) is 0 Å². The van der Waals surface area contributed by atoms with E-state index in [4.69, 9.17) is 5.73 Å². The first kappa shape index (κ1) is 11.4. The van der Waals surface area contributed by atoms with E-state index in [2.05, 4.69) is 11.8 Å². The Bertz CT molecular complexity index is 136. The highest BCUT2D eigenvalue weighted by atomic mass is 16.1. The Morgan fingerprint density at radius 1 is 1.58 bits per heavy atom. The van der Waals surface area contributed by atoms with E-state index in [1.165, 1.54) is 12.8 Å². The molecule has 1 unspecified atom stereocenters. The van der Waals surface area contributed by atoms with Crippen molar-refractivity contribution in [3.63, 3.8) is 0 Å². The fourth-order valence-electron chi connectivity index (χ4n) is 1.08. The minimum absolute atomic E-state index is 0.0353. The van der Waals surface area contributed by atoms with E-state index in [1.807, 2.05) is 14.0 Å². The largest absolute Gasteiger partial charge is 0.369 e. The van der Waals surface area contributed by atoms with Crippen molar-refractivity contribution in [2.75, 3.05) is 20.1 Å². The first-order valence-electron chi connectivity index (χ1n) is 4.55. The van der Waals surface area contributed by atoms with E-state index >= 15 is 0 Å². The lowest BCUT2D eigenvalue weighted by Gasteiger charge is -2.18. The fourth-order valence-corrected chi connectivity index (χ4v) is 1.08. The van der Waals surface area contributed by atoms with Crippen LogP contribution in [0.2, 0.25) is 0 Å². The van der Waals surface area contributed by atoms with Gasteiger partial charge in [-0.25, -0.2) is 0 Å². The number of nitrogens with zero attached hydrogens (tertiary/aromatic N) is 1. The number of rotatable bonds is 6. The Balaban J connectivity index is 3.53. The van der Waals surface area contributed by atoms with Crippen LogP contribution in [-0.2, 0) is 4.79 Å². The normalized spacial score (nSPS) is 13.3. The quantitative estimate of drug-likeness (QED) is 0.645. The van der Waals surface area contributed by atoms with E-state index in [9.17, 15) is 4.79 Å². The predicted octanol–water partition coefficient (Wildman–Crippen LogP) is 0.840. The van der Waals surface area contributed by atoms with Gasteiger partial charge in [0.15, 0.2) is 0 Å². The summed E-state index contributed by atoms with van der Waals surface area (Å²) in [4.78, 5) is 12.9. The molecule has 1 amide bonds. The van der Waals surface area contributed by atoms with Crippen molar-refractivity contribution >= 4 is 5.91 Å². The average Bonchev–Trinajstić information content (AvgIpc) is 2.00. The second kappa shape index (κ2) is 6.00. The third-order valence-corrected chi connectivity index (χ3v) is 1.96. The van der Waals surface area contributed by atoms with Crippen LogP contribution in [0.5, 0.6) is 0 Å². The lowest BCUT2D eigenvalue weighted by atomic mass is 10.1. The molecular weight excluding hydrogens is 152 g/mol. The maximum absolute atomic E-state index is 10.7. The van der Waals surface area contributed by atoms with Crippen molar-refractivity contribution in [2.24, 2.45) is 11.7 Å². The van der Waals surface area contributed by atoms with Crippen molar-refractivity contribution in [2.45, 2.75) is 26.7 Å². The highest BCUT2D eigenvalue weighted by Gasteiger charge is 2.10. The predicted molar refractivity (Wildman–Crippen MR) is 50.8 cm³/mol. The summed E-state index contributed by atoms with van der Waals surface area (Å²) in [5.74, 6) is -0.245. The second-order valence-corrected chi connectivity index (χ2v) is 3.42. The maximum atomic E-state index is 10.7. The number of nitrogens with two attached hydrogens (primary N) is 1. The van der Waals surface area contributed by atoms with Crippen LogP contribution in [0.4, 0.5) is 0 Å². The van der Waals surface area contributed by atoms with Crippen molar-refractivity contribution in [3.8, 4) is 0 Å². The molecule has 1 atom stereocenters. The third-order valence-electron chi connectivity index (χ3n) is 1.96. The molecule has 0 aliphatic carbocycles. The molecule has 0 aromatic heterocycles. The van der Waals surface area contributed by atoms with E-state index < -0.39 is 0 Å². The van der Waals surface area contributed by atoms with Crippen LogP contribution < -0.4 is 5.73 Å². The molecule has 3 heteroatoms. The van der Waals surface area contributed by atoms with Crippen LogP contribution in [0.25, 0.3) is 0 Å². The lowest BCUT2D eigenvalue weighted by molar-refractivity contribution is -0.121. The molecule has 2 N–H and O–H groups in total. The van der Waals surface area contributed by atoms with Gasteiger partial charge in [0.25, 0.3) is 0 Å². The van der Waals surface area contributed by atoms with Crippen molar-refractivity contribution in [1.82, 2.24) is 4.90 Å². The topological polar surface area (TPSA) is 46.3 Å². The average molecular weight is 172 g/mol. The number of unbranched alkanes of at least 4 members (excludes halogenated alkanes) is 1. The molecule has 3 nitrogen and oxygen atoms in total. The Kier molecular flexibility index (Phi) is 5.72. The molecule has 0 fully saturated rings. The minimum Gasteiger partial charge on any atom is -0.369 e. The Hall–Kier alpha value is -0.570. The summed E-state index contributed by atoms with van der Waals surface area (Å²) in [7, 11) is 2.02. The SMILES string of the molecule is CCCCN(C)CC(C)C(N)=O. The van der Waals surface area contributed by atoms with Gasteiger partial charge in [-0.3, -0.25) is 4.79 Å². The summed E-state index contributed by atoms with van der Waals surface area (Å²) < 4.78 is 0. The lowest BCUT2D eigenvalue weighted by Crippen LogP contribution is -2.32. The van der Waals surface area contributed by atoms with Crippen LogP contribution in [0, 0.1) is 5.92 Å². The number of hydrogen-bond donors (Lipinski definition) is 1. The van der Waals surface area contributed by atoms with Gasteiger partial charge in [0, 0.05) is 12.5 Å². The molecule has 0 aliphatic rings. The number of carbonyl (C=O) groups is 1. The Morgan fingerprint density at radius 3 is 2.58 bits per heavy atom. The maximum Gasteiger partial charge on any atom is 0.221 e. The molecule has 0 spiro atoms. The number of hydrogen-bond acceptors (Lipinski definition) is 2. The fraction of sp³-hybridized carbons (Fsp3) is 0.889. The van der Waals surface area contributed by atoms with Crippen LogP contribution in [0.15, 0.2) is 0 Å². The van der Waals surface area contributed by atoms with Gasteiger partial charge < -0.3 is 10.6 Å². The minimum atomic E-state index is -0.210. The molecule has 12 heavy (non-hydrogen) atoms. The summed E-state index contributed by atoms with van der Waals surface area (Å²) in [6.07, 6.45) is 2.37. The summed E-state index contributed by atoms with van der Waals surface area (Å²) in [6, 6.07) is 0. The summed E-state index contributed by atoms with van der Waals surface area (Å²) in [5.41, 5.74) is 5.15. The Labute approximate surface area is 74.9 Å². The van der Waals surface area contributed by atoms with E-state index in [0.29, 0.717) is 0 Å². The first-order chi connectivity index (χ1) is 5.57. The van der Waals surface area contributed by atoms with E-state index in [-0.39, 0.29) is 11.8 Å². The molecule has 0 bridgehead atoms. The third kappa shape index (κ3) is 5.13. The van der Waals surface area contributed by atoms with Crippen molar-refractivity contribution in [1.29, 1.82) is 0 Å². The molecular formula is C9H20N2O. The molecule has 0 rings (SSSR count). The van der Waals surface area contributed by atoms with Crippen molar-refractivity contribution in [3.05, 3.63) is 0 Å². The zero-order valence-corrected chi connectivity index (χ0v) is 8.34. The van der Waals surface area contributed by atoms with E-state index in [0.717, 1.165) is 13.1 Å². The zero-order valence-electron chi connectivity index (χ0n) is 8.34. The molecule has 0 radical (unpaired) electrons. The number of primary amides is 1. The van der Waals surface area contributed by atoms with Crippen LogP contribution in [-0.4, -0.2) is 30.9 Å². The van der Waals surface area contributed by atoms with Gasteiger partial charge >= 0.3 is 0 Å². The number of carbonyl (C=O) groups excluding carboxylic acids is 1.